The van der Waals surface area contributed by atoms with Crippen LogP contribution in [0.2, 0.25) is 5.02 Å². The summed E-state index contributed by atoms with van der Waals surface area (Å²) in [6.07, 6.45) is 0.662. The minimum Gasteiger partial charge on any atom is -0.486 e. The summed E-state index contributed by atoms with van der Waals surface area (Å²) >= 11 is 6.08. The van der Waals surface area contributed by atoms with Crippen molar-refractivity contribution in [3.05, 3.63) is 22.7 Å². The van der Waals surface area contributed by atoms with Crippen molar-refractivity contribution in [2.45, 2.75) is 26.3 Å². The van der Waals surface area contributed by atoms with Gasteiger partial charge in [0.25, 0.3) is 5.91 Å². The summed E-state index contributed by atoms with van der Waals surface area (Å²) in [5.41, 5.74) is 0.128. The van der Waals surface area contributed by atoms with Gasteiger partial charge in [-0.1, -0.05) is 31.9 Å². The van der Waals surface area contributed by atoms with E-state index < -0.39 is 30.5 Å². The average Bonchev–Trinajstić information content (AvgIpc) is 2.68. The highest BCUT2D eigenvalue weighted by Crippen LogP contribution is 2.38. The predicted octanol–water partition coefficient (Wildman–Crippen LogP) is 1.97. The molecule has 0 aliphatic carbocycles. The molecule has 0 fully saturated rings. The van der Waals surface area contributed by atoms with Crippen LogP contribution in [0.25, 0.3) is 0 Å². The third kappa shape index (κ3) is 5.26. The molecule has 0 spiro atoms. The molecule has 9 heteroatoms. The lowest BCUT2D eigenvalue weighted by atomic mass is 9.99. The van der Waals surface area contributed by atoms with Gasteiger partial charge in [0, 0.05) is 0 Å². The van der Waals surface area contributed by atoms with Crippen molar-refractivity contribution in [1.29, 1.82) is 0 Å². The summed E-state index contributed by atoms with van der Waals surface area (Å²) in [7, 11) is 1.25. The standard InChI is InChI=1S/C18H22ClNO7/c1-4-10(2)15(18(23)24-3)20-14(21)9-27-17(22)11-7-12(19)16-13(8-11)25-5-6-26-16/h7-8,10,15H,4-6,9H2,1-3H3,(H,20,21)/t10-,15-/m1/s1. The number of fused-ring (bicyclic) bond motifs is 1. The van der Waals surface area contributed by atoms with Gasteiger partial charge in [0.15, 0.2) is 18.1 Å². The first kappa shape index (κ1) is 20.8. The van der Waals surface area contributed by atoms with Crippen molar-refractivity contribution in [3.63, 3.8) is 0 Å². The normalized spacial score (nSPS) is 14.7. The zero-order valence-corrected chi connectivity index (χ0v) is 16.1. The summed E-state index contributed by atoms with van der Waals surface area (Å²) in [6, 6.07) is 2.01. The first-order valence-electron chi connectivity index (χ1n) is 8.50. The average molecular weight is 400 g/mol. The van der Waals surface area contributed by atoms with Crippen LogP contribution in [0.1, 0.15) is 30.6 Å². The molecule has 2 atom stereocenters. The highest BCUT2D eigenvalue weighted by Gasteiger charge is 2.27. The van der Waals surface area contributed by atoms with E-state index in [4.69, 9.17) is 30.5 Å². The molecule has 1 heterocycles. The topological polar surface area (TPSA) is 100 Å². The van der Waals surface area contributed by atoms with Crippen molar-refractivity contribution in [3.8, 4) is 11.5 Å². The molecule has 0 saturated carbocycles. The van der Waals surface area contributed by atoms with Gasteiger partial charge in [-0.15, -0.1) is 0 Å². The van der Waals surface area contributed by atoms with Gasteiger partial charge < -0.3 is 24.3 Å². The Morgan fingerprint density at radius 1 is 1.26 bits per heavy atom. The smallest absolute Gasteiger partial charge is 0.338 e. The number of rotatable bonds is 7. The van der Waals surface area contributed by atoms with E-state index in [1.807, 2.05) is 13.8 Å². The van der Waals surface area contributed by atoms with Crippen LogP contribution in [-0.4, -0.2) is 50.8 Å². The van der Waals surface area contributed by atoms with Crippen molar-refractivity contribution in [2.24, 2.45) is 5.92 Å². The first-order chi connectivity index (χ1) is 12.9. The Morgan fingerprint density at radius 3 is 2.63 bits per heavy atom. The predicted molar refractivity (Wildman–Crippen MR) is 96.1 cm³/mol. The van der Waals surface area contributed by atoms with Crippen LogP contribution in [-0.2, 0) is 19.1 Å². The fourth-order valence-corrected chi connectivity index (χ4v) is 2.72. The fourth-order valence-electron chi connectivity index (χ4n) is 2.45. The molecule has 1 aliphatic rings. The molecule has 1 N–H and O–H groups in total. The summed E-state index contributed by atoms with van der Waals surface area (Å²) in [5, 5.41) is 2.74. The molecule has 27 heavy (non-hydrogen) atoms. The second-order valence-corrected chi connectivity index (χ2v) is 6.42. The van der Waals surface area contributed by atoms with Crippen molar-refractivity contribution in [1.82, 2.24) is 5.32 Å². The lowest BCUT2D eigenvalue weighted by molar-refractivity contribution is -0.147. The molecule has 1 amide bonds. The number of amides is 1. The Morgan fingerprint density at radius 2 is 1.96 bits per heavy atom. The Labute approximate surface area is 162 Å². The van der Waals surface area contributed by atoms with E-state index in [1.54, 1.807) is 0 Å². The second kappa shape index (κ2) is 9.45. The Bertz CT molecular complexity index is 722. The summed E-state index contributed by atoms with van der Waals surface area (Å²) < 4.78 is 20.5. The molecule has 0 unspecified atom stereocenters. The minimum atomic E-state index is -0.810. The van der Waals surface area contributed by atoms with Crippen LogP contribution in [0.4, 0.5) is 0 Å². The van der Waals surface area contributed by atoms with Crippen LogP contribution in [0, 0.1) is 5.92 Å². The molecule has 1 aromatic carbocycles. The number of esters is 2. The van der Waals surface area contributed by atoms with Gasteiger partial charge >= 0.3 is 11.9 Å². The van der Waals surface area contributed by atoms with E-state index in [-0.39, 0.29) is 16.5 Å². The molecular weight excluding hydrogens is 378 g/mol. The minimum absolute atomic E-state index is 0.128. The SMILES string of the molecule is CC[C@@H](C)[C@@H](NC(=O)COC(=O)c1cc(Cl)c2c(c1)OCCO2)C(=O)OC. The van der Waals surface area contributed by atoms with Gasteiger partial charge in [-0.05, 0) is 18.1 Å². The van der Waals surface area contributed by atoms with E-state index in [1.165, 1.54) is 19.2 Å². The summed E-state index contributed by atoms with van der Waals surface area (Å²) in [4.78, 5) is 36.1. The van der Waals surface area contributed by atoms with Crippen LogP contribution in [0.5, 0.6) is 11.5 Å². The van der Waals surface area contributed by atoms with Crippen molar-refractivity contribution < 1.29 is 33.3 Å². The van der Waals surface area contributed by atoms with Crippen LogP contribution in [0.15, 0.2) is 12.1 Å². The molecule has 0 bridgehead atoms. The van der Waals surface area contributed by atoms with Crippen molar-refractivity contribution in [2.75, 3.05) is 26.9 Å². The zero-order chi connectivity index (χ0) is 20.0. The van der Waals surface area contributed by atoms with Gasteiger partial charge in [0.1, 0.15) is 19.3 Å². The second-order valence-electron chi connectivity index (χ2n) is 6.01. The van der Waals surface area contributed by atoms with Gasteiger partial charge in [-0.25, -0.2) is 9.59 Å². The number of carbonyl (C=O) groups excluding carboxylic acids is 3. The number of methoxy groups -OCH3 is 1. The number of hydrogen-bond acceptors (Lipinski definition) is 7. The van der Waals surface area contributed by atoms with E-state index >= 15 is 0 Å². The maximum absolute atomic E-state index is 12.2. The Hall–Kier alpha value is -2.48. The van der Waals surface area contributed by atoms with E-state index in [9.17, 15) is 14.4 Å². The summed E-state index contributed by atoms with van der Waals surface area (Å²) in [6.45, 7) is 3.86. The van der Waals surface area contributed by atoms with Crippen molar-refractivity contribution >= 4 is 29.4 Å². The van der Waals surface area contributed by atoms with Gasteiger partial charge in [-0.3, -0.25) is 4.79 Å². The zero-order valence-electron chi connectivity index (χ0n) is 15.4. The number of nitrogens with one attached hydrogen (secondary N) is 1. The Balaban J connectivity index is 1.97. The van der Waals surface area contributed by atoms with Crippen LogP contribution in [0.3, 0.4) is 0 Å². The highest BCUT2D eigenvalue weighted by molar-refractivity contribution is 6.32. The van der Waals surface area contributed by atoms with E-state index in [0.29, 0.717) is 31.1 Å². The number of hydrogen-bond donors (Lipinski definition) is 1. The number of carbonyl (C=O) groups is 3. The van der Waals surface area contributed by atoms with Gasteiger partial charge in [0.2, 0.25) is 0 Å². The molecular formula is C18H22ClNO7. The molecule has 2 rings (SSSR count). The number of benzene rings is 1. The van der Waals surface area contributed by atoms with E-state index in [0.717, 1.165) is 0 Å². The fraction of sp³-hybridized carbons (Fsp3) is 0.500. The lowest BCUT2D eigenvalue weighted by Gasteiger charge is -2.22. The maximum Gasteiger partial charge on any atom is 0.338 e. The molecule has 1 aliphatic heterocycles. The monoisotopic (exact) mass is 399 g/mol. The quantitative estimate of drug-likeness (QED) is 0.699. The maximum atomic E-state index is 12.2. The van der Waals surface area contributed by atoms with Gasteiger partial charge in [0.05, 0.1) is 17.7 Å². The van der Waals surface area contributed by atoms with E-state index in [2.05, 4.69) is 5.32 Å². The third-order valence-electron chi connectivity index (χ3n) is 4.15. The summed E-state index contributed by atoms with van der Waals surface area (Å²) in [5.74, 6) is -1.33. The third-order valence-corrected chi connectivity index (χ3v) is 4.43. The largest absolute Gasteiger partial charge is 0.486 e. The Kier molecular flexibility index (Phi) is 7.29. The molecule has 0 radical (unpaired) electrons. The highest BCUT2D eigenvalue weighted by atomic mass is 35.5. The number of halogens is 1. The number of ether oxygens (including phenoxy) is 4. The molecule has 1 aromatic rings. The molecule has 8 nitrogen and oxygen atoms in total. The van der Waals surface area contributed by atoms with Crippen LogP contribution < -0.4 is 14.8 Å². The molecule has 148 valence electrons. The molecule has 0 saturated heterocycles. The van der Waals surface area contributed by atoms with Crippen LogP contribution >= 0.6 is 11.6 Å². The first-order valence-corrected chi connectivity index (χ1v) is 8.88. The van der Waals surface area contributed by atoms with Gasteiger partial charge in [-0.2, -0.15) is 0 Å². The lowest BCUT2D eigenvalue weighted by Crippen LogP contribution is -2.47. The molecule has 0 aromatic heterocycles.